The number of aliphatic hydroxyl groups is 1. The molecule has 0 aromatic carbocycles. The first kappa shape index (κ1) is 16.2. The lowest BCUT2D eigenvalue weighted by Gasteiger charge is -2.28. The van der Waals surface area contributed by atoms with E-state index in [-0.39, 0.29) is 18.1 Å². The van der Waals surface area contributed by atoms with Crippen LogP contribution in [0.2, 0.25) is 0 Å². The van der Waals surface area contributed by atoms with Gasteiger partial charge in [0.1, 0.15) is 5.60 Å². The molecule has 0 aromatic heterocycles. The zero-order chi connectivity index (χ0) is 13.7. The number of alkyl carbamates (subject to hydrolysis) is 1. The zero-order valence-electron chi connectivity index (χ0n) is 12.0. The highest BCUT2D eigenvalue weighted by Crippen LogP contribution is 2.22. The topological polar surface area (TPSA) is 58.6 Å². The highest BCUT2D eigenvalue weighted by Gasteiger charge is 2.23. The third kappa shape index (κ3) is 10.1. The Balaban J connectivity index is 4.30. The van der Waals surface area contributed by atoms with Crippen molar-refractivity contribution in [1.29, 1.82) is 0 Å². The van der Waals surface area contributed by atoms with Crippen molar-refractivity contribution in [3.05, 3.63) is 0 Å². The molecule has 0 rings (SSSR count). The van der Waals surface area contributed by atoms with Crippen LogP contribution in [0.4, 0.5) is 4.79 Å². The number of carbonyl (C=O) groups excluding carboxylic acids is 1. The monoisotopic (exact) mass is 245 g/mol. The van der Waals surface area contributed by atoms with Crippen molar-refractivity contribution in [3.8, 4) is 0 Å². The van der Waals surface area contributed by atoms with Gasteiger partial charge in [-0.1, -0.05) is 20.8 Å². The number of carbonyl (C=O) groups is 1. The van der Waals surface area contributed by atoms with Crippen molar-refractivity contribution < 1.29 is 14.6 Å². The van der Waals surface area contributed by atoms with Crippen LogP contribution < -0.4 is 5.32 Å². The molecule has 0 heterocycles. The van der Waals surface area contributed by atoms with Gasteiger partial charge >= 0.3 is 6.09 Å². The lowest BCUT2D eigenvalue weighted by atomic mass is 9.87. The first-order chi connectivity index (χ1) is 7.53. The van der Waals surface area contributed by atoms with Crippen molar-refractivity contribution >= 4 is 6.09 Å². The van der Waals surface area contributed by atoms with Gasteiger partial charge in [0.15, 0.2) is 0 Å². The van der Waals surface area contributed by atoms with Crippen LogP contribution >= 0.6 is 0 Å². The smallest absolute Gasteiger partial charge is 0.407 e. The molecule has 17 heavy (non-hydrogen) atoms. The summed E-state index contributed by atoms with van der Waals surface area (Å²) >= 11 is 0. The molecule has 1 unspecified atom stereocenters. The fourth-order valence-corrected chi connectivity index (χ4v) is 1.59. The Morgan fingerprint density at radius 3 is 2.12 bits per heavy atom. The van der Waals surface area contributed by atoms with E-state index in [1.807, 2.05) is 20.8 Å². The summed E-state index contributed by atoms with van der Waals surface area (Å²) in [7, 11) is 0. The SMILES string of the molecule is CC(C)(C)CC(CCO)NC(=O)OC(C)(C)C. The van der Waals surface area contributed by atoms with Crippen LogP contribution in [0.3, 0.4) is 0 Å². The number of hydrogen-bond acceptors (Lipinski definition) is 3. The molecule has 0 bridgehead atoms. The van der Waals surface area contributed by atoms with Gasteiger partial charge in [0.25, 0.3) is 0 Å². The Hall–Kier alpha value is -0.770. The summed E-state index contributed by atoms with van der Waals surface area (Å²) in [4.78, 5) is 11.6. The molecule has 102 valence electrons. The van der Waals surface area contributed by atoms with E-state index in [0.717, 1.165) is 6.42 Å². The lowest BCUT2D eigenvalue weighted by molar-refractivity contribution is 0.0484. The predicted molar refractivity (Wildman–Crippen MR) is 68.9 cm³/mol. The van der Waals surface area contributed by atoms with Crippen LogP contribution in [0.25, 0.3) is 0 Å². The van der Waals surface area contributed by atoms with E-state index in [9.17, 15) is 4.79 Å². The summed E-state index contributed by atoms with van der Waals surface area (Å²) < 4.78 is 5.20. The van der Waals surface area contributed by atoms with Gasteiger partial charge in [-0.2, -0.15) is 0 Å². The van der Waals surface area contributed by atoms with Gasteiger partial charge in [-0.25, -0.2) is 4.79 Å². The summed E-state index contributed by atoms with van der Waals surface area (Å²) in [6.07, 6.45) is 0.948. The molecule has 4 nitrogen and oxygen atoms in total. The quantitative estimate of drug-likeness (QED) is 0.800. The maximum atomic E-state index is 11.6. The molecule has 0 aliphatic rings. The largest absolute Gasteiger partial charge is 0.444 e. The molecule has 0 fully saturated rings. The van der Waals surface area contributed by atoms with Crippen LogP contribution in [0.1, 0.15) is 54.4 Å². The molecular weight excluding hydrogens is 218 g/mol. The highest BCUT2D eigenvalue weighted by atomic mass is 16.6. The van der Waals surface area contributed by atoms with Gasteiger partial charge in [0, 0.05) is 12.6 Å². The first-order valence-electron chi connectivity index (χ1n) is 6.14. The Labute approximate surface area is 105 Å². The third-order valence-electron chi connectivity index (χ3n) is 2.06. The molecule has 2 N–H and O–H groups in total. The van der Waals surface area contributed by atoms with Crippen LogP contribution in [0.15, 0.2) is 0 Å². The molecule has 0 aromatic rings. The van der Waals surface area contributed by atoms with Crippen molar-refractivity contribution in [2.24, 2.45) is 5.41 Å². The minimum Gasteiger partial charge on any atom is -0.444 e. The molecule has 1 amide bonds. The van der Waals surface area contributed by atoms with E-state index in [0.29, 0.717) is 6.42 Å². The van der Waals surface area contributed by atoms with Gasteiger partial charge in [-0.05, 0) is 39.0 Å². The molecular formula is C13H27NO3. The highest BCUT2D eigenvalue weighted by molar-refractivity contribution is 5.68. The first-order valence-corrected chi connectivity index (χ1v) is 6.14. The number of hydrogen-bond donors (Lipinski definition) is 2. The third-order valence-corrected chi connectivity index (χ3v) is 2.06. The van der Waals surface area contributed by atoms with E-state index in [4.69, 9.17) is 9.84 Å². The Morgan fingerprint density at radius 2 is 1.76 bits per heavy atom. The maximum Gasteiger partial charge on any atom is 0.407 e. The second-order valence-corrected chi connectivity index (χ2v) is 6.62. The second-order valence-electron chi connectivity index (χ2n) is 6.62. The van der Waals surface area contributed by atoms with Gasteiger partial charge in [-0.3, -0.25) is 0 Å². The standard InChI is InChI=1S/C13H27NO3/c1-12(2,3)9-10(7-8-15)14-11(16)17-13(4,5)6/h10,15H,7-9H2,1-6H3,(H,14,16). The van der Waals surface area contributed by atoms with Crippen molar-refractivity contribution in [2.75, 3.05) is 6.61 Å². The van der Waals surface area contributed by atoms with Gasteiger partial charge in [-0.15, -0.1) is 0 Å². The van der Waals surface area contributed by atoms with Gasteiger partial charge in [0.05, 0.1) is 0 Å². The molecule has 0 saturated carbocycles. The molecule has 0 radical (unpaired) electrons. The fraction of sp³-hybridized carbons (Fsp3) is 0.923. The van der Waals surface area contributed by atoms with E-state index in [1.54, 1.807) is 0 Å². The molecule has 1 atom stereocenters. The lowest BCUT2D eigenvalue weighted by Crippen LogP contribution is -2.41. The van der Waals surface area contributed by atoms with E-state index < -0.39 is 11.7 Å². The van der Waals surface area contributed by atoms with Gasteiger partial charge < -0.3 is 15.2 Å². The number of amides is 1. The van der Waals surface area contributed by atoms with Crippen molar-refractivity contribution in [1.82, 2.24) is 5.32 Å². The average Bonchev–Trinajstić information content (AvgIpc) is 1.95. The van der Waals surface area contributed by atoms with Crippen LogP contribution in [0.5, 0.6) is 0 Å². The van der Waals surface area contributed by atoms with Crippen LogP contribution in [-0.4, -0.2) is 29.4 Å². The Bertz CT molecular complexity index is 238. The minimum absolute atomic E-state index is 0.0464. The zero-order valence-corrected chi connectivity index (χ0v) is 12.0. The maximum absolute atomic E-state index is 11.6. The Kier molecular flexibility index (Phi) is 5.96. The van der Waals surface area contributed by atoms with E-state index in [1.165, 1.54) is 0 Å². The van der Waals surface area contributed by atoms with E-state index in [2.05, 4.69) is 26.1 Å². The fourth-order valence-electron chi connectivity index (χ4n) is 1.59. The molecule has 0 saturated heterocycles. The van der Waals surface area contributed by atoms with E-state index >= 15 is 0 Å². The summed E-state index contributed by atoms with van der Waals surface area (Å²) in [5.74, 6) is 0. The van der Waals surface area contributed by atoms with Crippen molar-refractivity contribution in [2.45, 2.75) is 66.0 Å². The molecule has 0 aliphatic heterocycles. The van der Waals surface area contributed by atoms with Crippen LogP contribution in [0, 0.1) is 5.41 Å². The summed E-state index contributed by atoms with van der Waals surface area (Å²) in [5, 5.41) is 11.8. The Morgan fingerprint density at radius 1 is 1.24 bits per heavy atom. The molecule has 0 spiro atoms. The summed E-state index contributed by atoms with van der Waals surface area (Å²) in [5.41, 5.74) is -0.384. The number of aliphatic hydroxyl groups excluding tert-OH is 1. The average molecular weight is 245 g/mol. The summed E-state index contributed by atoms with van der Waals surface area (Å²) in [6.45, 7) is 11.9. The molecule has 4 heteroatoms. The minimum atomic E-state index is -0.490. The predicted octanol–water partition coefficient (Wildman–Crippen LogP) is 2.70. The normalized spacial score (nSPS) is 14.3. The number of nitrogens with one attached hydrogen (secondary N) is 1. The number of ether oxygens (including phenoxy) is 1. The molecule has 0 aliphatic carbocycles. The second kappa shape index (κ2) is 6.24. The number of rotatable bonds is 4. The van der Waals surface area contributed by atoms with Crippen LogP contribution in [-0.2, 0) is 4.74 Å². The van der Waals surface area contributed by atoms with Gasteiger partial charge in [0.2, 0.25) is 0 Å². The van der Waals surface area contributed by atoms with Crippen molar-refractivity contribution in [3.63, 3.8) is 0 Å². The summed E-state index contributed by atoms with van der Waals surface area (Å²) in [6, 6.07) is -0.0464.